The summed E-state index contributed by atoms with van der Waals surface area (Å²) in [5.74, 6) is 0. The topological polar surface area (TPSA) is 51.9 Å². The molecule has 0 unspecified atom stereocenters. The molecule has 0 radical (unpaired) electrons. The highest BCUT2D eigenvalue weighted by Crippen LogP contribution is 2.32. The molecule has 118 valence electrons. The molecule has 23 heavy (non-hydrogen) atoms. The van der Waals surface area contributed by atoms with Gasteiger partial charge in [-0.05, 0) is 18.2 Å². The van der Waals surface area contributed by atoms with Crippen LogP contribution in [0.25, 0.3) is 11.3 Å². The van der Waals surface area contributed by atoms with E-state index < -0.39 is 11.7 Å². The smallest absolute Gasteiger partial charge is 0.416 e. The Morgan fingerprint density at radius 3 is 2.57 bits per heavy atom. The number of hydrogen-bond acceptors (Lipinski definition) is 4. The summed E-state index contributed by atoms with van der Waals surface area (Å²) in [5, 5.41) is 16.1. The number of thiazole rings is 1. The van der Waals surface area contributed by atoms with Crippen molar-refractivity contribution in [2.75, 3.05) is 5.32 Å². The Morgan fingerprint density at radius 2 is 1.87 bits per heavy atom. The maximum absolute atomic E-state index is 12.7. The molecule has 0 bridgehead atoms. The minimum absolute atomic E-state index is 0.311. The van der Waals surface area contributed by atoms with Crippen molar-refractivity contribution in [3.05, 3.63) is 64.9 Å². The van der Waals surface area contributed by atoms with E-state index in [0.717, 1.165) is 17.7 Å². The van der Waals surface area contributed by atoms with E-state index in [1.54, 1.807) is 23.6 Å². The molecule has 0 saturated heterocycles. The van der Waals surface area contributed by atoms with Crippen LogP contribution in [-0.2, 0) is 6.18 Å². The SMILES string of the molecule is [O-][n+]1ccc(-c2csc(Nc3cccc(C(F)(F)F)c3)n2)cc1. The van der Waals surface area contributed by atoms with E-state index in [4.69, 9.17) is 0 Å². The van der Waals surface area contributed by atoms with E-state index in [9.17, 15) is 18.4 Å². The van der Waals surface area contributed by atoms with Gasteiger partial charge in [0.1, 0.15) is 0 Å². The van der Waals surface area contributed by atoms with E-state index >= 15 is 0 Å². The van der Waals surface area contributed by atoms with E-state index in [-0.39, 0.29) is 0 Å². The number of aromatic nitrogens is 2. The molecule has 0 aliphatic rings. The average molecular weight is 337 g/mol. The van der Waals surface area contributed by atoms with E-state index in [1.807, 2.05) is 0 Å². The van der Waals surface area contributed by atoms with Crippen molar-refractivity contribution in [1.82, 2.24) is 4.98 Å². The lowest BCUT2D eigenvalue weighted by Gasteiger charge is -2.08. The molecule has 1 N–H and O–H groups in total. The third-order valence-corrected chi connectivity index (χ3v) is 3.80. The summed E-state index contributed by atoms with van der Waals surface area (Å²) < 4.78 is 38.8. The monoisotopic (exact) mass is 337 g/mol. The van der Waals surface area contributed by atoms with Crippen LogP contribution in [-0.4, -0.2) is 4.98 Å². The van der Waals surface area contributed by atoms with E-state index in [0.29, 0.717) is 21.2 Å². The van der Waals surface area contributed by atoms with Crippen molar-refractivity contribution in [3.63, 3.8) is 0 Å². The molecule has 4 nitrogen and oxygen atoms in total. The van der Waals surface area contributed by atoms with Gasteiger partial charge in [-0.3, -0.25) is 0 Å². The zero-order valence-electron chi connectivity index (χ0n) is 11.5. The Hall–Kier alpha value is -2.61. The molecule has 0 fully saturated rings. The molecule has 0 spiro atoms. The first-order chi connectivity index (χ1) is 10.9. The molecule has 3 rings (SSSR count). The highest BCUT2D eigenvalue weighted by atomic mass is 32.1. The summed E-state index contributed by atoms with van der Waals surface area (Å²) in [6, 6.07) is 8.17. The largest absolute Gasteiger partial charge is 0.619 e. The van der Waals surface area contributed by atoms with Crippen molar-refractivity contribution in [3.8, 4) is 11.3 Å². The number of pyridine rings is 1. The Bertz CT molecular complexity index is 815. The lowest BCUT2D eigenvalue weighted by Crippen LogP contribution is -2.23. The summed E-state index contributed by atoms with van der Waals surface area (Å²) >= 11 is 1.27. The van der Waals surface area contributed by atoms with Crippen LogP contribution < -0.4 is 10.0 Å². The number of rotatable bonds is 3. The van der Waals surface area contributed by atoms with Crippen LogP contribution in [0.2, 0.25) is 0 Å². The molecule has 0 amide bonds. The third-order valence-electron chi connectivity index (χ3n) is 3.04. The highest BCUT2D eigenvalue weighted by molar-refractivity contribution is 7.14. The molecule has 0 aliphatic carbocycles. The average Bonchev–Trinajstić information content (AvgIpc) is 2.96. The van der Waals surface area contributed by atoms with Gasteiger partial charge in [0, 0.05) is 28.8 Å². The number of anilines is 2. The molecule has 0 aliphatic heterocycles. The fourth-order valence-corrected chi connectivity index (χ4v) is 2.68. The van der Waals surface area contributed by atoms with Crippen molar-refractivity contribution >= 4 is 22.2 Å². The number of benzene rings is 1. The summed E-state index contributed by atoms with van der Waals surface area (Å²) in [7, 11) is 0. The van der Waals surface area contributed by atoms with Gasteiger partial charge >= 0.3 is 6.18 Å². The van der Waals surface area contributed by atoms with Crippen LogP contribution in [0.1, 0.15) is 5.56 Å². The van der Waals surface area contributed by atoms with Crippen LogP contribution in [0, 0.1) is 5.21 Å². The Balaban J connectivity index is 1.81. The van der Waals surface area contributed by atoms with Crippen LogP contribution >= 0.6 is 11.3 Å². The van der Waals surface area contributed by atoms with Crippen molar-refractivity contribution in [2.24, 2.45) is 0 Å². The zero-order valence-corrected chi connectivity index (χ0v) is 12.4. The normalized spacial score (nSPS) is 11.4. The van der Waals surface area contributed by atoms with Gasteiger partial charge in [0.25, 0.3) is 0 Å². The minimum atomic E-state index is -4.39. The molecule has 0 atom stereocenters. The molecule has 8 heteroatoms. The van der Waals surface area contributed by atoms with Crippen molar-refractivity contribution in [2.45, 2.75) is 6.18 Å². The predicted octanol–water partition coefficient (Wildman–Crippen LogP) is 4.21. The first kappa shape index (κ1) is 15.3. The fourth-order valence-electron chi connectivity index (χ4n) is 1.94. The van der Waals surface area contributed by atoms with Gasteiger partial charge in [-0.1, -0.05) is 6.07 Å². The van der Waals surface area contributed by atoms with E-state index in [2.05, 4.69) is 10.3 Å². The van der Waals surface area contributed by atoms with Gasteiger partial charge in [-0.2, -0.15) is 17.9 Å². The van der Waals surface area contributed by atoms with Crippen LogP contribution in [0.5, 0.6) is 0 Å². The first-order valence-corrected chi connectivity index (χ1v) is 7.39. The molecule has 1 aromatic carbocycles. The van der Waals surface area contributed by atoms with Crippen LogP contribution in [0.4, 0.5) is 24.0 Å². The third kappa shape index (κ3) is 3.59. The van der Waals surface area contributed by atoms with Crippen molar-refractivity contribution in [1.29, 1.82) is 0 Å². The van der Waals surface area contributed by atoms with Crippen LogP contribution in [0.15, 0.2) is 54.2 Å². The van der Waals surface area contributed by atoms with Gasteiger partial charge in [0.2, 0.25) is 0 Å². The summed E-state index contributed by atoms with van der Waals surface area (Å²) in [6.45, 7) is 0. The Labute approximate surface area is 133 Å². The lowest BCUT2D eigenvalue weighted by atomic mass is 10.2. The minimum Gasteiger partial charge on any atom is -0.619 e. The number of nitrogens with zero attached hydrogens (tertiary/aromatic N) is 2. The van der Waals surface area contributed by atoms with Gasteiger partial charge in [0.15, 0.2) is 17.5 Å². The second-order valence-corrected chi connectivity index (χ2v) is 5.55. The Kier molecular flexibility index (Phi) is 3.91. The van der Waals surface area contributed by atoms with E-state index in [1.165, 1.54) is 29.8 Å². The standard InChI is InChI=1S/C15H10F3N3OS/c16-15(17,18)11-2-1-3-12(8-11)19-14-20-13(9-23-14)10-4-6-21(22)7-5-10/h1-9H,(H,19,20). The lowest BCUT2D eigenvalue weighted by molar-refractivity contribution is -0.605. The molecule has 0 saturated carbocycles. The number of nitrogens with one attached hydrogen (secondary N) is 1. The second kappa shape index (κ2) is 5.88. The zero-order chi connectivity index (χ0) is 16.4. The predicted molar refractivity (Wildman–Crippen MR) is 81.2 cm³/mol. The summed E-state index contributed by atoms with van der Waals surface area (Å²) in [6.07, 6.45) is -1.67. The fraction of sp³-hybridized carbons (Fsp3) is 0.0667. The van der Waals surface area contributed by atoms with Crippen molar-refractivity contribution < 1.29 is 17.9 Å². The molecule has 2 aromatic heterocycles. The maximum atomic E-state index is 12.7. The maximum Gasteiger partial charge on any atom is 0.416 e. The number of alkyl halides is 3. The summed E-state index contributed by atoms with van der Waals surface area (Å²) in [4.78, 5) is 4.31. The Morgan fingerprint density at radius 1 is 1.13 bits per heavy atom. The molecular weight excluding hydrogens is 327 g/mol. The van der Waals surface area contributed by atoms with Gasteiger partial charge in [0.05, 0.1) is 11.3 Å². The van der Waals surface area contributed by atoms with Gasteiger partial charge in [-0.25, -0.2) is 4.98 Å². The van der Waals surface area contributed by atoms with Gasteiger partial charge < -0.3 is 10.5 Å². The van der Waals surface area contributed by atoms with Gasteiger partial charge in [-0.15, -0.1) is 11.3 Å². The molecular formula is C15H10F3N3OS. The summed E-state index contributed by atoms with van der Waals surface area (Å²) in [5.41, 5.74) is 0.990. The van der Waals surface area contributed by atoms with Crippen LogP contribution in [0.3, 0.4) is 0 Å². The molecule has 2 heterocycles. The first-order valence-electron chi connectivity index (χ1n) is 6.51. The quantitative estimate of drug-likeness (QED) is 0.575. The number of halogens is 3. The number of hydrogen-bond donors (Lipinski definition) is 1. The highest BCUT2D eigenvalue weighted by Gasteiger charge is 2.30. The second-order valence-electron chi connectivity index (χ2n) is 4.69. The molecule has 3 aromatic rings.